The predicted molar refractivity (Wildman–Crippen MR) is 118 cm³/mol. The van der Waals surface area contributed by atoms with E-state index in [-0.39, 0.29) is 25.0 Å². The number of ether oxygens (including phenoxy) is 2. The number of nitrogens with one attached hydrogen (secondary N) is 1. The Morgan fingerprint density at radius 1 is 0.969 bits per heavy atom. The van der Waals surface area contributed by atoms with Gasteiger partial charge in [-0.2, -0.15) is 0 Å². The highest BCUT2D eigenvalue weighted by atomic mass is 16.5. The third kappa shape index (κ3) is 3.85. The van der Waals surface area contributed by atoms with Gasteiger partial charge in [0, 0.05) is 5.92 Å². The number of rotatable bonds is 5. The van der Waals surface area contributed by atoms with Crippen molar-refractivity contribution in [2.45, 2.75) is 25.0 Å². The maximum atomic E-state index is 12.6. The molecule has 1 atom stereocenters. The third-order valence-electron chi connectivity index (χ3n) is 6.12. The second-order valence-corrected chi connectivity index (χ2v) is 8.14. The van der Waals surface area contributed by atoms with Crippen LogP contribution in [0.2, 0.25) is 0 Å². The molecule has 0 unspecified atom stereocenters. The smallest absolute Gasteiger partial charge is 0.407 e. The van der Waals surface area contributed by atoms with Crippen molar-refractivity contribution in [1.82, 2.24) is 5.32 Å². The molecule has 0 bridgehead atoms. The lowest BCUT2D eigenvalue weighted by Crippen LogP contribution is -2.35. The quantitative estimate of drug-likeness (QED) is 0.627. The maximum absolute atomic E-state index is 12.6. The van der Waals surface area contributed by atoms with E-state index in [1.807, 2.05) is 36.4 Å². The maximum Gasteiger partial charge on any atom is 0.407 e. The lowest BCUT2D eigenvalue weighted by Gasteiger charge is -2.27. The average molecular weight is 429 g/mol. The molecule has 1 amide bonds. The molecule has 2 aliphatic rings. The van der Waals surface area contributed by atoms with Gasteiger partial charge in [-0.15, -0.1) is 0 Å². The van der Waals surface area contributed by atoms with Crippen LogP contribution in [0.15, 0.2) is 66.7 Å². The van der Waals surface area contributed by atoms with E-state index in [9.17, 15) is 9.59 Å². The van der Waals surface area contributed by atoms with Crippen molar-refractivity contribution in [3.8, 4) is 11.1 Å². The van der Waals surface area contributed by atoms with Crippen LogP contribution in [0, 0.1) is 0 Å². The number of fused-ring (bicyclic) bond motifs is 4. The standard InChI is InChI=1S/C26H23NO5/c28-25(29)12-16-9-10-18-17(11-16)13-31-15-24(18)27-26(30)32-14-23-21-7-3-1-5-19(21)20-6-2-4-8-22(20)23/h1-11,23-24H,12-15H2,(H,27,30)(H,28,29)/t24-/m0/s1. The zero-order valence-electron chi connectivity index (χ0n) is 17.4. The van der Waals surface area contributed by atoms with Crippen LogP contribution in [0.1, 0.15) is 39.8 Å². The van der Waals surface area contributed by atoms with Gasteiger partial charge in [0.15, 0.2) is 0 Å². The number of alkyl carbamates (subject to hydrolysis) is 1. The molecule has 1 aliphatic carbocycles. The number of carbonyl (C=O) groups is 2. The Morgan fingerprint density at radius 2 is 1.66 bits per heavy atom. The number of carboxylic acid groups (broad SMARTS) is 1. The highest BCUT2D eigenvalue weighted by Crippen LogP contribution is 2.44. The van der Waals surface area contributed by atoms with Crippen LogP contribution in [0.25, 0.3) is 11.1 Å². The molecule has 0 saturated carbocycles. The SMILES string of the molecule is O=C(O)Cc1ccc2c(c1)COC[C@@H]2NC(=O)OCC1c2ccccc2-c2ccccc21. The monoisotopic (exact) mass is 429 g/mol. The number of hydrogen-bond donors (Lipinski definition) is 2. The first kappa shape index (κ1) is 20.3. The highest BCUT2D eigenvalue weighted by molar-refractivity contribution is 5.79. The fourth-order valence-electron chi connectivity index (χ4n) is 4.69. The van der Waals surface area contributed by atoms with Crippen molar-refractivity contribution in [1.29, 1.82) is 0 Å². The van der Waals surface area contributed by atoms with E-state index >= 15 is 0 Å². The van der Waals surface area contributed by atoms with E-state index in [0.717, 1.165) is 11.1 Å². The van der Waals surface area contributed by atoms with E-state index in [2.05, 4.69) is 29.6 Å². The van der Waals surface area contributed by atoms with E-state index < -0.39 is 12.1 Å². The number of carboxylic acids is 1. The van der Waals surface area contributed by atoms with E-state index in [4.69, 9.17) is 14.6 Å². The molecule has 0 aromatic heterocycles. The molecule has 2 N–H and O–H groups in total. The summed E-state index contributed by atoms with van der Waals surface area (Å²) < 4.78 is 11.3. The summed E-state index contributed by atoms with van der Waals surface area (Å²) in [6, 6.07) is 21.6. The van der Waals surface area contributed by atoms with Gasteiger partial charge >= 0.3 is 12.1 Å². The minimum Gasteiger partial charge on any atom is -0.481 e. The molecule has 0 saturated heterocycles. The molecular formula is C26H23NO5. The molecule has 32 heavy (non-hydrogen) atoms. The Balaban J connectivity index is 1.27. The van der Waals surface area contributed by atoms with E-state index in [0.29, 0.717) is 18.8 Å². The van der Waals surface area contributed by atoms with Crippen molar-refractivity contribution in [3.63, 3.8) is 0 Å². The molecule has 5 rings (SSSR count). The van der Waals surface area contributed by atoms with Gasteiger partial charge in [-0.25, -0.2) is 4.79 Å². The van der Waals surface area contributed by atoms with E-state index in [1.54, 1.807) is 6.07 Å². The summed E-state index contributed by atoms with van der Waals surface area (Å²) in [5.74, 6) is -0.878. The molecule has 162 valence electrons. The minimum atomic E-state index is -0.880. The zero-order chi connectivity index (χ0) is 22.1. The molecular weight excluding hydrogens is 406 g/mol. The Morgan fingerprint density at radius 3 is 2.34 bits per heavy atom. The lowest BCUT2D eigenvalue weighted by atomic mass is 9.96. The van der Waals surface area contributed by atoms with Crippen molar-refractivity contribution in [2.75, 3.05) is 13.2 Å². The van der Waals surface area contributed by atoms with Crippen LogP contribution >= 0.6 is 0 Å². The van der Waals surface area contributed by atoms with Crippen molar-refractivity contribution >= 4 is 12.1 Å². The number of aliphatic carboxylic acids is 1. The molecule has 6 nitrogen and oxygen atoms in total. The van der Waals surface area contributed by atoms with Gasteiger partial charge in [0.1, 0.15) is 6.61 Å². The normalized spacial score (nSPS) is 16.6. The second-order valence-electron chi connectivity index (χ2n) is 8.14. The average Bonchev–Trinajstić information content (AvgIpc) is 3.11. The van der Waals surface area contributed by atoms with Gasteiger partial charge in [-0.05, 0) is 38.9 Å². The first-order chi connectivity index (χ1) is 15.6. The predicted octanol–water partition coefficient (Wildman–Crippen LogP) is 4.42. The summed E-state index contributed by atoms with van der Waals surface area (Å²) in [7, 11) is 0. The van der Waals surface area contributed by atoms with Crippen molar-refractivity contribution in [2.24, 2.45) is 0 Å². The molecule has 3 aromatic rings. The Labute approximate surface area is 185 Å². The summed E-state index contributed by atoms with van der Waals surface area (Å²) in [5, 5.41) is 11.9. The number of hydrogen-bond acceptors (Lipinski definition) is 4. The summed E-state index contributed by atoms with van der Waals surface area (Å²) in [6.07, 6.45) is -0.541. The van der Waals surface area contributed by atoms with Crippen molar-refractivity contribution in [3.05, 3.63) is 94.5 Å². The Hall–Kier alpha value is -3.64. The van der Waals surface area contributed by atoms with Gasteiger partial charge < -0.3 is 19.9 Å². The number of amides is 1. The topological polar surface area (TPSA) is 84.9 Å². The fourth-order valence-corrected chi connectivity index (χ4v) is 4.69. The van der Waals surface area contributed by atoms with Gasteiger partial charge in [-0.3, -0.25) is 4.79 Å². The molecule has 3 aromatic carbocycles. The molecule has 6 heteroatoms. The zero-order valence-corrected chi connectivity index (χ0v) is 17.4. The first-order valence-corrected chi connectivity index (χ1v) is 10.6. The largest absolute Gasteiger partial charge is 0.481 e. The molecule has 1 heterocycles. The van der Waals surface area contributed by atoms with Crippen LogP contribution in [-0.4, -0.2) is 30.4 Å². The Bertz CT molecular complexity index is 1140. The Kier molecular flexibility index (Phi) is 5.37. The van der Waals surface area contributed by atoms with Crippen LogP contribution in [0.3, 0.4) is 0 Å². The summed E-state index contributed by atoms with van der Waals surface area (Å²) in [5.41, 5.74) is 7.23. The van der Waals surface area contributed by atoms with Gasteiger partial charge in [0.25, 0.3) is 0 Å². The molecule has 0 radical (unpaired) electrons. The highest BCUT2D eigenvalue weighted by Gasteiger charge is 2.30. The summed E-state index contributed by atoms with van der Waals surface area (Å²) in [6.45, 7) is 0.985. The number of carbonyl (C=O) groups excluding carboxylic acids is 1. The third-order valence-corrected chi connectivity index (χ3v) is 6.12. The molecule has 1 aliphatic heterocycles. The minimum absolute atomic E-state index is 0.00150. The molecule has 0 spiro atoms. The molecule has 0 fully saturated rings. The van der Waals surface area contributed by atoms with Crippen LogP contribution in [0.5, 0.6) is 0 Å². The van der Waals surface area contributed by atoms with E-state index in [1.165, 1.54) is 22.3 Å². The first-order valence-electron chi connectivity index (χ1n) is 10.6. The fraction of sp³-hybridized carbons (Fsp3) is 0.231. The lowest BCUT2D eigenvalue weighted by molar-refractivity contribution is -0.136. The van der Waals surface area contributed by atoms with Crippen LogP contribution < -0.4 is 5.32 Å². The van der Waals surface area contributed by atoms with Crippen LogP contribution in [-0.2, 0) is 27.3 Å². The summed E-state index contributed by atoms with van der Waals surface area (Å²) >= 11 is 0. The number of benzene rings is 3. The summed E-state index contributed by atoms with van der Waals surface area (Å²) in [4.78, 5) is 23.6. The van der Waals surface area contributed by atoms with Gasteiger partial charge in [0.05, 0.1) is 25.7 Å². The second kappa shape index (κ2) is 8.48. The van der Waals surface area contributed by atoms with Gasteiger partial charge in [0.2, 0.25) is 0 Å². The van der Waals surface area contributed by atoms with Crippen LogP contribution in [0.4, 0.5) is 4.79 Å². The van der Waals surface area contributed by atoms with Gasteiger partial charge in [-0.1, -0.05) is 66.7 Å². The van der Waals surface area contributed by atoms with Crippen molar-refractivity contribution < 1.29 is 24.2 Å².